The van der Waals surface area contributed by atoms with E-state index in [2.05, 4.69) is 4.90 Å². The Morgan fingerprint density at radius 3 is 2.88 bits per heavy atom. The van der Waals surface area contributed by atoms with Gasteiger partial charge in [-0.15, -0.1) is 0 Å². The van der Waals surface area contributed by atoms with E-state index in [9.17, 15) is 4.79 Å². The van der Waals surface area contributed by atoms with Gasteiger partial charge < -0.3 is 9.64 Å². The van der Waals surface area contributed by atoms with Crippen LogP contribution in [0.4, 0.5) is 5.69 Å². The highest BCUT2D eigenvalue weighted by Gasteiger charge is 2.31. The van der Waals surface area contributed by atoms with Crippen LogP contribution in [0.2, 0.25) is 0 Å². The fourth-order valence-corrected chi connectivity index (χ4v) is 2.18. The van der Waals surface area contributed by atoms with Gasteiger partial charge in [0.1, 0.15) is 6.04 Å². The van der Waals surface area contributed by atoms with E-state index in [4.69, 9.17) is 4.74 Å². The van der Waals surface area contributed by atoms with E-state index in [-0.39, 0.29) is 12.0 Å². The lowest BCUT2D eigenvalue weighted by molar-refractivity contribution is -0.144. The molecule has 1 saturated heterocycles. The Kier molecular flexibility index (Phi) is 3.44. The molecule has 86 valence electrons. The van der Waals surface area contributed by atoms with Crippen molar-refractivity contribution >= 4 is 11.7 Å². The number of carbonyl (C=O) groups excluding carboxylic acids is 1. The van der Waals surface area contributed by atoms with E-state index < -0.39 is 0 Å². The first-order chi connectivity index (χ1) is 7.83. The van der Waals surface area contributed by atoms with Crippen LogP contribution in [-0.4, -0.2) is 25.2 Å². The number of hydrogen-bond acceptors (Lipinski definition) is 3. The zero-order valence-electron chi connectivity index (χ0n) is 9.56. The Balaban J connectivity index is 2.12. The third-order valence-electron chi connectivity index (χ3n) is 2.90. The molecular formula is C13H17NO2. The highest BCUT2D eigenvalue weighted by Crippen LogP contribution is 2.25. The molecule has 0 aliphatic carbocycles. The van der Waals surface area contributed by atoms with E-state index >= 15 is 0 Å². The molecule has 0 N–H and O–H groups in total. The Morgan fingerprint density at radius 1 is 1.44 bits per heavy atom. The number of rotatable bonds is 3. The van der Waals surface area contributed by atoms with Gasteiger partial charge in [0.2, 0.25) is 0 Å². The third kappa shape index (κ3) is 2.18. The summed E-state index contributed by atoms with van der Waals surface area (Å²) < 4.78 is 5.10. The molecule has 0 radical (unpaired) electrons. The van der Waals surface area contributed by atoms with Crippen LogP contribution in [0.1, 0.15) is 19.8 Å². The van der Waals surface area contributed by atoms with Gasteiger partial charge in [-0.2, -0.15) is 0 Å². The van der Waals surface area contributed by atoms with E-state index in [0.717, 1.165) is 25.1 Å². The van der Waals surface area contributed by atoms with E-state index in [1.54, 1.807) is 0 Å². The topological polar surface area (TPSA) is 29.5 Å². The monoisotopic (exact) mass is 219 g/mol. The molecule has 1 unspecified atom stereocenters. The van der Waals surface area contributed by atoms with Crippen LogP contribution in [0.5, 0.6) is 0 Å². The van der Waals surface area contributed by atoms with Crippen molar-refractivity contribution in [2.45, 2.75) is 25.8 Å². The molecule has 0 amide bonds. The van der Waals surface area contributed by atoms with Crippen molar-refractivity contribution in [2.75, 3.05) is 18.1 Å². The summed E-state index contributed by atoms with van der Waals surface area (Å²) in [4.78, 5) is 13.9. The number of ether oxygens (including phenoxy) is 1. The van der Waals surface area contributed by atoms with Gasteiger partial charge in [0.05, 0.1) is 6.61 Å². The predicted octanol–water partition coefficient (Wildman–Crippen LogP) is 2.22. The molecule has 1 aliphatic rings. The summed E-state index contributed by atoms with van der Waals surface area (Å²) in [7, 11) is 0. The SMILES string of the molecule is CCOC(=O)C1CCCN1c1ccccc1. The maximum Gasteiger partial charge on any atom is 0.328 e. The fraction of sp³-hybridized carbons (Fsp3) is 0.462. The van der Waals surface area contributed by atoms with Gasteiger partial charge in [-0.05, 0) is 31.9 Å². The predicted molar refractivity (Wildman–Crippen MR) is 63.4 cm³/mol. The first-order valence-electron chi connectivity index (χ1n) is 5.81. The molecule has 3 nitrogen and oxygen atoms in total. The summed E-state index contributed by atoms with van der Waals surface area (Å²) in [5.74, 6) is -0.0937. The molecule has 1 aliphatic heterocycles. The van der Waals surface area contributed by atoms with E-state index in [0.29, 0.717) is 6.61 Å². The van der Waals surface area contributed by atoms with Crippen molar-refractivity contribution < 1.29 is 9.53 Å². The average Bonchev–Trinajstić information content (AvgIpc) is 2.79. The van der Waals surface area contributed by atoms with Gasteiger partial charge >= 0.3 is 5.97 Å². The van der Waals surface area contributed by atoms with Gasteiger partial charge in [0.15, 0.2) is 0 Å². The van der Waals surface area contributed by atoms with Crippen LogP contribution in [-0.2, 0) is 9.53 Å². The number of benzene rings is 1. The molecule has 1 heterocycles. The highest BCUT2D eigenvalue weighted by atomic mass is 16.5. The molecule has 1 aromatic rings. The molecule has 16 heavy (non-hydrogen) atoms. The second-order valence-corrected chi connectivity index (χ2v) is 3.94. The smallest absolute Gasteiger partial charge is 0.328 e. The fourth-order valence-electron chi connectivity index (χ4n) is 2.18. The first-order valence-corrected chi connectivity index (χ1v) is 5.81. The summed E-state index contributed by atoms with van der Waals surface area (Å²) in [6.45, 7) is 3.24. The number of anilines is 1. The van der Waals surface area contributed by atoms with Gasteiger partial charge in [-0.3, -0.25) is 0 Å². The summed E-state index contributed by atoms with van der Waals surface area (Å²) in [6.07, 6.45) is 1.95. The number of nitrogens with zero attached hydrogens (tertiary/aromatic N) is 1. The summed E-state index contributed by atoms with van der Waals surface area (Å²) in [6, 6.07) is 9.96. The first kappa shape index (κ1) is 11.0. The van der Waals surface area contributed by atoms with Crippen LogP contribution >= 0.6 is 0 Å². The number of carbonyl (C=O) groups is 1. The van der Waals surface area contributed by atoms with Crippen LogP contribution < -0.4 is 4.90 Å². The Morgan fingerprint density at radius 2 is 2.19 bits per heavy atom. The lowest BCUT2D eigenvalue weighted by Crippen LogP contribution is -2.37. The van der Waals surface area contributed by atoms with Crippen molar-refractivity contribution in [3.05, 3.63) is 30.3 Å². The number of para-hydroxylation sites is 1. The molecule has 0 bridgehead atoms. The Hall–Kier alpha value is -1.51. The maximum atomic E-state index is 11.8. The largest absolute Gasteiger partial charge is 0.464 e. The van der Waals surface area contributed by atoms with Crippen molar-refractivity contribution in [1.82, 2.24) is 0 Å². The Labute approximate surface area is 96.0 Å². The van der Waals surface area contributed by atoms with Gasteiger partial charge in [0.25, 0.3) is 0 Å². The van der Waals surface area contributed by atoms with Crippen LogP contribution in [0.25, 0.3) is 0 Å². The standard InChI is InChI=1S/C13H17NO2/c1-2-16-13(15)12-9-6-10-14(12)11-7-4-3-5-8-11/h3-5,7-8,12H,2,6,9-10H2,1H3. The number of esters is 1. The quantitative estimate of drug-likeness (QED) is 0.730. The molecule has 1 fully saturated rings. The molecular weight excluding hydrogens is 202 g/mol. The molecule has 0 spiro atoms. The minimum atomic E-state index is -0.0950. The van der Waals surface area contributed by atoms with E-state index in [1.165, 1.54) is 0 Å². The Bertz CT molecular complexity index is 350. The van der Waals surface area contributed by atoms with Crippen molar-refractivity contribution in [3.8, 4) is 0 Å². The van der Waals surface area contributed by atoms with Crippen LogP contribution in [0.3, 0.4) is 0 Å². The van der Waals surface area contributed by atoms with Crippen LogP contribution in [0.15, 0.2) is 30.3 Å². The van der Waals surface area contributed by atoms with Crippen molar-refractivity contribution in [3.63, 3.8) is 0 Å². The maximum absolute atomic E-state index is 11.8. The second kappa shape index (κ2) is 5.01. The van der Waals surface area contributed by atoms with Gasteiger partial charge in [-0.1, -0.05) is 18.2 Å². The molecule has 1 atom stereocenters. The van der Waals surface area contributed by atoms with Crippen molar-refractivity contribution in [2.24, 2.45) is 0 Å². The summed E-state index contributed by atoms with van der Waals surface area (Å²) in [5, 5.41) is 0. The minimum Gasteiger partial charge on any atom is -0.464 e. The zero-order valence-corrected chi connectivity index (χ0v) is 9.56. The molecule has 3 heteroatoms. The summed E-state index contributed by atoms with van der Waals surface area (Å²) in [5.41, 5.74) is 1.11. The summed E-state index contributed by atoms with van der Waals surface area (Å²) >= 11 is 0. The molecule has 2 rings (SSSR count). The minimum absolute atomic E-state index is 0.0937. The molecule has 0 aromatic heterocycles. The lowest BCUT2D eigenvalue weighted by atomic mass is 10.2. The molecule has 1 aromatic carbocycles. The van der Waals surface area contributed by atoms with Gasteiger partial charge in [-0.25, -0.2) is 4.79 Å². The van der Waals surface area contributed by atoms with Crippen LogP contribution in [0, 0.1) is 0 Å². The third-order valence-corrected chi connectivity index (χ3v) is 2.90. The average molecular weight is 219 g/mol. The zero-order chi connectivity index (χ0) is 11.4. The van der Waals surface area contributed by atoms with Gasteiger partial charge in [0, 0.05) is 12.2 Å². The normalized spacial score (nSPS) is 19.8. The van der Waals surface area contributed by atoms with E-state index in [1.807, 2.05) is 37.3 Å². The second-order valence-electron chi connectivity index (χ2n) is 3.94. The highest BCUT2D eigenvalue weighted by molar-refractivity contribution is 5.80. The number of hydrogen-bond donors (Lipinski definition) is 0. The van der Waals surface area contributed by atoms with Crippen molar-refractivity contribution in [1.29, 1.82) is 0 Å². The lowest BCUT2D eigenvalue weighted by Gasteiger charge is -2.24. The molecule has 0 saturated carbocycles.